The summed E-state index contributed by atoms with van der Waals surface area (Å²) in [5, 5.41) is 17.1. The van der Waals surface area contributed by atoms with Gasteiger partial charge in [0.2, 0.25) is 0 Å². The van der Waals surface area contributed by atoms with E-state index in [1.54, 1.807) is 24.3 Å². The lowest BCUT2D eigenvalue weighted by Gasteiger charge is -2.62. The number of carbonyl (C=O) groups excluding carboxylic acids is 2. The number of thiazole rings is 1. The molecule has 0 unspecified atom stereocenters. The smallest absolute Gasteiger partial charge is 0.257 e. The number of hydrogen-bond acceptors (Lipinski definition) is 5. The van der Waals surface area contributed by atoms with Crippen molar-refractivity contribution in [3.8, 4) is 0 Å². The van der Waals surface area contributed by atoms with Crippen molar-refractivity contribution in [3.05, 3.63) is 70.3 Å². The maximum atomic E-state index is 17.3. The Bertz CT molecular complexity index is 1370. The van der Waals surface area contributed by atoms with Gasteiger partial charge in [-0.1, -0.05) is 43.2 Å². The predicted molar refractivity (Wildman–Crippen MR) is 147 cm³/mol. The number of ketones is 1. The van der Waals surface area contributed by atoms with Crippen molar-refractivity contribution < 1.29 is 19.1 Å². The number of benzene rings is 1. The van der Waals surface area contributed by atoms with E-state index < -0.39 is 17.2 Å². The molecule has 2 N–H and O–H groups in total. The molecule has 1 aromatic carbocycles. The van der Waals surface area contributed by atoms with Gasteiger partial charge in [-0.25, -0.2) is 9.37 Å². The van der Waals surface area contributed by atoms with Gasteiger partial charge in [0.05, 0.1) is 11.8 Å². The summed E-state index contributed by atoms with van der Waals surface area (Å²) in [6.45, 7) is 8.25. The van der Waals surface area contributed by atoms with Gasteiger partial charge in [0, 0.05) is 28.2 Å². The number of aliphatic hydroxyl groups excluding tert-OH is 1. The lowest BCUT2D eigenvalue weighted by atomic mass is 9.45. The first kappa shape index (κ1) is 25.6. The summed E-state index contributed by atoms with van der Waals surface area (Å²) >= 11 is 1.41. The summed E-state index contributed by atoms with van der Waals surface area (Å²) in [5.74, 6) is -0.187. The molecule has 1 heterocycles. The highest BCUT2D eigenvalue weighted by Crippen LogP contribution is 2.71. The van der Waals surface area contributed by atoms with Crippen LogP contribution in [-0.4, -0.2) is 33.6 Å². The van der Waals surface area contributed by atoms with Crippen LogP contribution in [0.2, 0.25) is 0 Å². The zero-order valence-corrected chi connectivity index (χ0v) is 23.1. The number of anilines is 1. The number of hydrogen-bond donors (Lipinski definition) is 2. The largest absolute Gasteiger partial charge is 0.390 e. The number of fused-ring (bicyclic) bond motifs is 5. The van der Waals surface area contributed by atoms with Crippen LogP contribution < -0.4 is 5.32 Å². The molecule has 4 aliphatic carbocycles. The molecule has 6 rings (SSSR count). The fraction of sp³-hybridized carbons (Fsp3) is 0.516. The molecule has 0 spiro atoms. The Morgan fingerprint density at radius 3 is 2.68 bits per heavy atom. The van der Waals surface area contributed by atoms with E-state index in [0.717, 1.165) is 23.3 Å². The second kappa shape index (κ2) is 8.68. The first-order valence-electron chi connectivity index (χ1n) is 13.6. The van der Waals surface area contributed by atoms with E-state index in [1.165, 1.54) is 17.4 Å². The van der Waals surface area contributed by atoms with Crippen molar-refractivity contribution in [1.29, 1.82) is 0 Å². The van der Waals surface area contributed by atoms with E-state index in [4.69, 9.17) is 4.98 Å². The minimum absolute atomic E-state index is 0.0567. The molecule has 0 bridgehead atoms. The van der Waals surface area contributed by atoms with Crippen LogP contribution in [0.1, 0.15) is 74.0 Å². The van der Waals surface area contributed by atoms with Crippen LogP contribution in [0.5, 0.6) is 0 Å². The van der Waals surface area contributed by atoms with Gasteiger partial charge in [0.15, 0.2) is 16.6 Å². The van der Waals surface area contributed by atoms with Gasteiger partial charge in [-0.15, -0.1) is 11.3 Å². The molecule has 8 atom stereocenters. The minimum Gasteiger partial charge on any atom is -0.390 e. The average molecular weight is 535 g/mol. The Kier molecular flexibility index (Phi) is 5.86. The average Bonchev–Trinajstić information content (AvgIpc) is 3.41. The lowest BCUT2D eigenvalue weighted by Crippen LogP contribution is -2.66. The van der Waals surface area contributed by atoms with E-state index in [1.807, 2.05) is 31.4 Å². The molecular weight excluding hydrogens is 499 g/mol. The molecule has 7 heteroatoms. The molecule has 3 saturated carbocycles. The van der Waals surface area contributed by atoms with Crippen molar-refractivity contribution in [2.24, 2.45) is 28.6 Å². The molecule has 1 aromatic heterocycles. The van der Waals surface area contributed by atoms with Crippen molar-refractivity contribution in [2.45, 2.75) is 71.1 Å². The number of aromatic nitrogens is 1. The van der Waals surface area contributed by atoms with Crippen LogP contribution in [0.25, 0.3) is 0 Å². The Hall–Kier alpha value is -2.64. The molecule has 0 saturated heterocycles. The lowest BCUT2D eigenvalue weighted by molar-refractivity contribution is -0.191. The maximum Gasteiger partial charge on any atom is 0.257 e. The number of alkyl halides is 1. The van der Waals surface area contributed by atoms with Crippen LogP contribution in [0.3, 0.4) is 0 Å². The van der Waals surface area contributed by atoms with Crippen LogP contribution in [-0.2, 0) is 4.79 Å². The van der Waals surface area contributed by atoms with Crippen LogP contribution in [0, 0.1) is 35.5 Å². The highest BCUT2D eigenvalue weighted by atomic mass is 32.1. The number of nitrogens with one attached hydrogen (secondary N) is 1. The summed E-state index contributed by atoms with van der Waals surface area (Å²) in [6, 6.07) is 7.43. The number of carbonyl (C=O) groups is 2. The van der Waals surface area contributed by atoms with Gasteiger partial charge >= 0.3 is 0 Å². The molecule has 200 valence electrons. The van der Waals surface area contributed by atoms with Gasteiger partial charge in [-0.2, -0.15) is 0 Å². The van der Waals surface area contributed by atoms with Crippen molar-refractivity contribution in [3.63, 3.8) is 0 Å². The Balaban J connectivity index is 1.29. The number of aryl methyl sites for hydroxylation is 1. The predicted octanol–water partition coefficient (Wildman–Crippen LogP) is 6.40. The number of nitrogens with zero attached hydrogens (tertiary/aromatic N) is 1. The second-order valence-electron chi connectivity index (χ2n) is 12.4. The Morgan fingerprint density at radius 2 is 1.95 bits per heavy atom. The molecule has 2 aromatic rings. The maximum absolute atomic E-state index is 17.3. The van der Waals surface area contributed by atoms with E-state index in [9.17, 15) is 14.7 Å². The SMILES string of the molecule is Cc1ccc(C(=O)Nc2nc([C@H]3[C@H](C)C[C@H]4[C@@H]5CCC6=CC(=O)C=C[C@]6(C)[C@@]5(F)[C@@H](O)C[C@@]43C)cs2)cc1. The van der Waals surface area contributed by atoms with Gasteiger partial charge in [0.25, 0.3) is 5.91 Å². The fourth-order valence-electron chi connectivity index (χ4n) is 8.57. The summed E-state index contributed by atoms with van der Waals surface area (Å²) in [4.78, 5) is 29.7. The topological polar surface area (TPSA) is 79.3 Å². The van der Waals surface area contributed by atoms with Crippen molar-refractivity contribution in [1.82, 2.24) is 4.98 Å². The second-order valence-corrected chi connectivity index (χ2v) is 13.3. The quantitative estimate of drug-likeness (QED) is 0.477. The van der Waals surface area contributed by atoms with E-state index in [2.05, 4.69) is 19.2 Å². The zero-order valence-electron chi connectivity index (χ0n) is 22.3. The minimum atomic E-state index is -1.82. The third-order valence-corrected chi connectivity index (χ3v) is 11.1. The highest BCUT2D eigenvalue weighted by molar-refractivity contribution is 7.14. The molecule has 1 amide bonds. The van der Waals surface area contributed by atoms with Crippen LogP contribution >= 0.6 is 11.3 Å². The molecule has 0 radical (unpaired) electrons. The zero-order chi connectivity index (χ0) is 27.0. The number of rotatable bonds is 3. The monoisotopic (exact) mass is 534 g/mol. The highest BCUT2D eigenvalue weighted by Gasteiger charge is 2.71. The molecule has 3 fully saturated rings. The number of aliphatic hydroxyl groups is 1. The summed E-state index contributed by atoms with van der Waals surface area (Å²) in [7, 11) is 0. The summed E-state index contributed by atoms with van der Waals surface area (Å²) in [6.07, 6.45) is 6.12. The number of amides is 1. The normalized spacial score (nSPS) is 39.7. The third-order valence-electron chi connectivity index (χ3n) is 10.4. The van der Waals surface area contributed by atoms with Gasteiger partial charge in [0.1, 0.15) is 0 Å². The third kappa shape index (κ3) is 3.54. The molecule has 38 heavy (non-hydrogen) atoms. The van der Waals surface area contributed by atoms with E-state index in [0.29, 0.717) is 30.0 Å². The van der Waals surface area contributed by atoms with Crippen LogP contribution in [0.4, 0.5) is 9.52 Å². The van der Waals surface area contributed by atoms with Gasteiger partial charge < -0.3 is 5.11 Å². The molecule has 5 nitrogen and oxygen atoms in total. The standard InChI is InChI=1S/C31H35FN2O3S/c1-17-5-7-19(8-6-17)27(37)34-28-33-24(16-38-28)26-18(2)13-23-22-10-9-20-14-21(35)11-12-30(20,4)31(22,32)25(36)15-29(23,26)3/h5-8,11-12,14,16,18,22-23,25-26,36H,9-10,13,15H2,1-4H3,(H,33,34,37)/t18-,22+,23+,25+,26-,29+,30+,31+/m1/s1. The Morgan fingerprint density at radius 1 is 1.21 bits per heavy atom. The van der Waals surface area contributed by atoms with E-state index >= 15 is 4.39 Å². The van der Waals surface area contributed by atoms with Gasteiger partial charge in [-0.05, 0) is 81.1 Å². The van der Waals surface area contributed by atoms with Crippen LogP contribution in [0.15, 0.2) is 53.4 Å². The molecular formula is C31H35FN2O3S. The first-order valence-corrected chi connectivity index (χ1v) is 14.5. The van der Waals surface area contributed by atoms with E-state index in [-0.39, 0.29) is 40.8 Å². The van der Waals surface area contributed by atoms with Gasteiger partial charge in [-0.3, -0.25) is 14.9 Å². The molecule has 4 aliphatic rings. The summed E-state index contributed by atoms with van der Waals surface area (Å²) < 4.78 is 17.3. The van der Waals surface area contributed by atoms with Crippen molar-refractivity contribution >= 4 is 28.2 Å². The molecule has 0 aliphatic heterocycles. The number of allylic oxidation sites excluding steroid dienone is 4. The fourth-order valence-corrected chi connectivity index (χ4v) is 9.31. The first-order chi connectivity index (χ1) is 18.0. The number of halogens is 1. The summed E-state index contributed by atoms with van der Waals surface area (Å²) in [5.41, 5.74) is 0.286. The van der Waals surface area contributed by atoms with Crippen molar-refractivity contribution in [2.75, 3.05) is 5.32 Å². The Labute approximate surface area is 227 Å².